The Kier molecular flexibility index (Phi) is 3.35. The zero-order valence-electron chi connectivity index (χ0n) is 10.7. The predicted octanol–water partition coefficient (Wildman–Crippen LogP) is 2.50. The molecule has 2 aromatic rings. The van der Waals surface area contributed by atoms with Gasteiger partial charge in [0.15, 0.2) is 17.3 Å². The van der Waals surface area contributed by atoms with E-state index in [4.69, 9.17) is 9.47 Å². The molecule has 0 spiro atoms. The van der Waals surface area contributed by atoms with Crippen LogP contribution in [0.15, 0.2) is 22.7 Å². The van der Waals surface area contributed by atoms with Crippen LogP contribution in [0.4, 0.5) is 5.82 Å². The summed E-state index contributed by atoms with van der Waals surface area (Å²) in [5.74, 6) is 1.20. The molecule has 0 unspecified atom stereocenters. The number of halogens is 1. The fraction of sp³-hybridized carbons (Fsp3) is 0.231. The summed E-state index contributed by atoms with van der Waals surface area (Å²) in [5.41, 5.74) is 1.28. The molecule has 0 atom stereocenters. The third-order valence-electron chi connectivity index (χ3n) is 2.80. The number of nitrogens with zero attached hydrogens (tertiary/aromatic N) is 1. The van der Waals surface area contributed by atoms with Gasteiger partial charge in [-0.1, -0.05) is 15.9 Å². The van der Waals surface area contributed by atoms with Crippen molar-refractivity contribution in [1.82, 2.24) is 10.2 Å². The van der Waals surface area contributed by atoms with Crippen molar-refractivity contribution >= 4 is 27.7 Å². The first-order chi connectivity index (χ1) is 9.63. The fourth-order valence-electron chi connectivity index (χ4n) is 1.95. The lowest BCUT2D eigenvalue weighted by atomic mass is 10.1. The molecular formula is C13H12BrN3O3. The molecule has 2 N–H and O–H groups in total. The molecule has 1 aliphatic rings. The molecular weight excluding hydrogens is 326 g/mol. The molecule has 0 saturated carbocycles. The number of aryl methyl sites for hydroxylation is 1. The Labute approximate surface area is 123 Å². The van der Waals surface area contributed by atoms with Crippen LogP contribution in [0.25, 0.3) is 0 Å². The van der Waals surface area contributed by atoms with E-state index in [1.807, 2.05) is 6.92 Å². The molecule has 1 aliphatic heterocycles. The number of aromatic nitrogens is 2. The normalized spacial score (nSPS) is 13.1. The van der Waals surface area contributed by atoms with E-state index >= 15 is 0 Å². The van der Waals surface area contributed by atoms with Gasteiger partial charge in [-0.15, -0.1) is 0 Å². The van der Waals surface area contributed by atoms with E-state index in [-0.39, 0.29) is 5.91 Å². The van der Waals surface area contributed by atoms with Crippen molar-refractivity contribution in [1.29, 1.82) is 0 Å². The Balaban J connectivity index is 1.92. The van der Waals surface area contributed by atoms with E-state index in [2.05, 4.69) is 31.4 Å². The third-order valence-corrected chi connectivity index (χ3v) is 3.26. The molecule has 0 aliphatic carbocycles. The Bertz CT molecular complexity index is 669. The first-order valence-corrected chi connectivity index (χ1v) is 6.85. The highest BCUT2D eigenvalue weighted by molar-refractivity contribution is 9.10. The number of carbonyl (C=O) groups excluding carboxylic acids is 1. The summed E-state index contributed by atoms with van der Waals surface area (Å²) in [6.45, 7) is 2.76. The van der Waals surface area contributed by atoms with Gasteiger partial charge in [-0.2, -0.15) is 5.10 Å². The van der Waals surface area contributed by atoms with Gasteiger partial charge in [-0.25, -0.2) is 0 Å². The van der Waals surface area contributed by atoms with E-state index in [1.54, 1.807) is 18.2 Å². The number of hydrogen-bond donors (Lipinski definition) is 2. The lowest BCUT2D eigenvalue weighted by Crippen LogP contribution is -2.20. The largest absolute Gasteiger partial charge is 0.486 e. The summed E-state index contributed by atoms with van der Waals surface area (Å²) >= 11 is 3.36. The van der Waals surface area contributed by atoms with Gasteiger partial charge in [0.25, 0.3) is 5.91 Å². The standard InChI is InChI=1S/C13H12BrN3O3/c1-7-4-11(17-16-7)15-13(18)9-5-8(14)6-10-12(9)20-3-2-19-10/h4-6H,2-3H2,1H3,(H2,15,16,17,18). The molecule has 3 rings (SSSR count). The van der Waals surface area contributed by atoms with Crippen molar-refractivity contribution in [2.75, 3.05) is 18.5 Å². The van der Waals surface area contributed by atoms with Crippen LogP contribution in [0, 0.1) is 6.92 Å². The molecule has 104 valence electrons. The summed E-state index contributed by atoms with van der Waals surface area (Å²) < 4.78 is 11.8. The molecule has 7 heteroatoms. The minimum Gasteiger partial charge on any atom is -0.486 e. The van der Waals surface area contributed by atoms with Crippen LogP contribution in [0.3, 0.4) is 0 Å². The maximum absolute atomic E-state index is 12.3. The van der Waals surface area contributed by atoms with Crippen LogP contribution in [0.1, 0.15) is 16.1 Å². The number of aromatic amines is 1. The summed E-state index contributed by atoms with van der Waals surface area (Å²) in [6.07, 6.45) is 0. The van der Waals surface area contributed by atoms with E-state index in [1.165, 1.54) is 0 Å². The highest BCUT2D eigenvalue weighted by atomic mass is 79.9. The van der Waals surface area contributed by atoms with Crippen LogP contribution in [-0.4, -0.2) is 29.3 Å². The summed E-state index contributed by atoms with van der Waals surface area (Å²) in [4.78, 5) is 12.3. The van der Waals surface area contributed by atoms with Gasteiger partial charge in [0.1, 0.15) is 13.2 Å². The SMILES string of the molecule is Cc1cc(NC(=O)c2cc(Br)cc3c2OCCO3)n[nH]1. The van der Waals surface area contributed by atoms with Gasteiger partial charge in [0.05, 0.1) is 5.56 Å². The van der Waals surface area contributed by atoms with Crippen molar-refractivity contribution in [3.63, 3.8) is 0 Å². The maximum Gasteiger partial charge on any atom is 0.260 e. The smallest absolute Gasteiger partial charge is 0.260 e. The highest BCUT2D eigenvalue weighted by Gasteiger charge is 2.22. The maximum atomic E-state index is 12.3. The number of anilines is 1. The van der Waals surface area contributed by atoms with Crippen LogP contribution < -0.4 is 14.8 Å². The molecule has 0 bridgehead atoms. The van der Waals surface area contributed by atoms with Gasteiger partial charge in [0, 0.05) is 16.2 Å². The summed E-state index contributed by atoms with van der Waals surface area (Å²) in [7, 11) is 0. The Morgan fingerprint density at radius 2 is 2.15 bits per heavy atom. The van der Waals surface area contributed by atoms with Gasteiger partial charge in [-0.05, 0) is 19.1 Å². The fourth-order valence-corrected chi connectivity index (χ4v) is 2.39. The molecule has 0 fully saturated rings. The van der Waals surface area contributed by atoms with Gasteiger partial charge in [-0.3, -0.25) is 9.89 Å². The van der Waals surface area contributed by atoms with Crippen molar-refractivity contribution in [3.8, 4) is 11.5 Å². The molecule has 1 aromatic carbocycles. The number of carbonyl (C=O) groups is 1. The number of amides is 1. The van der Waals surface area contributed by atoms with Gasteiger partial charge < -0.3 is 14.8 Å². The third kappa shape index (κ3) is 2.49. The Morgan fingerprint density at radius 3 is 2.90 bits per heavy atom. The Morgan fingerprint density at radius 1 is 1.35 bits per heavy atom. The second-order valence-electron chi connectivity index (χ2n) is 4.37. The van der Waals surface area contributed by atoms with Crippen molar-refractivity contribution in [2.45, 2.75) is 6.92 Å². The predicted molar refractivity (Wildman–Crippen MR) is 76.4 cm³/mol. The topological polar surface area (TPSA) is 76.2 Å². The monoisotopic (exact) mass is 337 g/mol. The highest BCUT2D eigenvalue weighted by Crippen LogP contribution is 2.37. The number of hydrogen-bond acceptors (Lipinski definition) is 4. The summed E-state index contributed by atoms with van der Waals surface area (Å²) in [5, 5.41) is 9.46. The number of nitrogens with one attached hydrogen (secondary N) is 2. The zero-order valence-corrected chi connectivity index (χ0v) is 12.3. The second-order valence-corrected chi connectivity index (χ2v) is 5.28. The van der Waals surface area contributed by atoms with E-state index in [0.29, 0.717) is 36.1 Å². The first-order valence-electron chi connectivity index (χ1n) is 6.06. The van der Waals surface area contributed by atoms with E-state index in [9.17, 15) is 4.79 Å². The van der Waals surface area contributed by atoms with Gasteiger partial charge in [0.2, 0.25) is 0 Å². The number of H-pyrrole nitrogens is 1. The van der Waals surface area contributed by atoms with Crippen LogP contribution in [0.5, 0.6) is 11.5 Å². The van der Waals surface area contributed by atoms with Crippen molar-refractivity contribution < 1.29 is 14.3 Å². The van der Waals surface area contributed by atoms with Crippen molar-refractivity contribution in [2.24, 2.45) is 0 Å². The van der Waals surface area contributed by atoms with Crippen LogP contribution in [-0.2, 0) is 0 Å². The lowest BCUT2D eigenvalue weighted by Gasteiger charge is -2.21. The zero-order chi connectivity index (χ0) is 14.1. The minimum atomic E-state index is -0.292. The molecule has 1 amide bonds. The molecule has 20 heavy (non-hydrogen) atoms. The molecule has 0 radical (unpaired) electrons. The number of rotatable bonds is 2. The van der Waals surface area contributed by atoms with Crippen LogP contribution in [0.2, 0.25) is 0 Å². The van der Waals surface area contributed by atoms with E-state index in [0.717, 1.165) is 10.2 Å². The van der Waals surface area contributed by atoms with Crippen LogP contribution >= 0.6 is 15.9 Å². The number of fused-ring (bicyclic) bond motifs is 1. The lowest BCUT2D eigenvalue weighted by molar-refractivity contribution is 0.101. The molecule has 0 saturated heterocycles. The number of benzene rings is 1. The average Bonchev–Trinajstić information content (AvgIpc) is 2.83. The van der Waals surface area contributed by atoms with Crippen molar-refractivity contribution in [3.05, 3.63) is 33.9 Å². The quantitative estimate of drug-likeness (QED) is 0.882. The molecule has 1 aromatic heterocycles. The molecule has 6 nitrogen and oxygen atoms in total. The second kappa shape index (κ2) is 5.16. The van der Waals surface area contributed by atoms with E-state index < -0.39 is 0 Å². The minimum absolute atomic E-state index is 0.292. The number of ether oxygens (including phenoxy) is 2. The molecule has 2 heterocycles. The first kappa shape index (κ1) is 13.0. The average molecular weight is 338 g/mol. The Hall–Kier alpha value is -2.02. The summed E-state index contributed by atoms with van der Waals surface area (Å²) in [6, 6.07) is 5.23. The van der Waals surface area contributed by atoms with Gasteiger partial charge >= 0.3 is 0 Å².